The molecule has 1 atom stereocenters. The maximum Gasteiger partial charge on any atom is 0.203 e. The first-order valence-corrected chi connectivity index (χ1v) is 6.59. The highest BCUT2D eigenvalue weighted by Gasteiger charge is 2.13. The summed E-state index contributed by atoms with van der Waals surface area (Å²) in [7, 11) is 4.77. The van der Waals surface area contributed by atoms with Gasteiger partial charge in [-0.1, -0.05) is 6.92 Å². The Morgan fingerprint density at radius 2 is 1.75 bits per heavy atom. The van der Waals surface area contributed by atoms with Crippen LogP contribution in [0, 0.1) is 11.3 Å². The molecule has 0 heterocycles. The van der Waals surface area contributed by atoms with Crippen LogP contribution in [-0.2, 0) is 6.54 Å². The smallest absolute Gasteiger partial charge is 0.203 e. The number of ether oxygens (including phenoxy) is 3. The third-order valence-corrected chi connectivity index (χ3v) is 3.15. The highest BCUT2D eigenvalue weighted by atomic mass is 16.5. The van der Waals surface area contributed by atoms with E-state index in [0.717, 1.165) is 12.0 Å². The molecule has 1 unspecified atom stereocenters. The van der Waals surface area contributed by atoms with Crippen molar-refractivity contribution >= 4 is 0 Å². The molecule has 0 aliphatic heterocycles. The van der Waals surface area contributed by atoms with Gasteiger partial charge in [0.25, 0.3) is 0 Å². The number of nitrogens with one attached hydrogen (secondary N) is 1. The summed E-state index contributed by atoms with van der Waals surface area (Å²) in [5.74, 6) is 1.86. The molecule has 5 heteroatoms. The fourth-order valence-electron chi connectivity index (χ4n) is 1.97. The Bertz CT molecular complexity index is 444. The predicted molar refractivity (Wildman–Crippen MR) is 77.2 cm³/mol. The van der Waals surface area contributed by atoms with E-state index in [0.29, 0.717) is 30.2 Å². The van der Waals surface area contributed by atoms with Gasteiger partial charge in [-0.05, 0) is 24.1 Å². The Morgan fingerprint density at radius 3 is 2.15 bits per heavy atom. The number of hydrogen-bond donors (Lipinski definition) is 1. The second-order valence-electron chi connectivity index (χ2n) is 4.38. The molecular formula is C15H22N2O3. The summed E-state index contributed by atoms with van der Waals surface area (Å²) in [6.45, 7) is 2.71. The first kappa shape index (κ1) is 16.1. The van der Waals surface area contributed by atoms with Gasteiger partial charge in [0.05, 0.1) is 33.8 Å². The molecule has 0 spiro atoms. The second-order valence-corrected chi connectivity index (χ2v) is 4.38. The quantitative estimate of drug-likeness (QED) is 0.791. The summed E-state index contributed by atoms with van der Waals surface area (Å²) >= 11 is 0. The lowest BCUT2D eigenvalue weighted by atomic mass is 10.1. The number of methoxy groups -OCH3 is 3. The lowest BCUT2D eigenvalue weighted by Crippen LogP contribution is -2.27. The van der Waals surface area contributed by atoms with Gasteiger partial charge in [0, 0.05) is 12.6 Å². The fourth-order valence-corrected chi connectivity index (χ4v) is 1.97. The molecule has 0 amide bonds. The van der Waals surface area contributed by atoms with Crippen LogP contribution in [0.4, 0.5) is 0 Å². The minimum atomic E-state index is 0.194. The van der Waals surface area contributed by atoms with E-state index in [1.165, 1.54) is 0 Å². The van der Waals surface area contributed by atoms with Crippen molar-refractivity contribution in [3.63, 3.8) is 0 Å². The van der Waals surface area contributed by atoms with Crippen LogP contribution in [0.25, 0.3) is 0 Å². The minimum absolute atomic E-state index is 0.194. The summed E-state index contributed by atoms with van der Waals surface area (Å²) < 4.78 is 15.9. The highest BCUT2D eigenvalue weighted by molar-refractivity contribution is 5.53. The van der Waals surface area contributed by atoms with Crippen LogP contribution in [0.15, 0.2) is 12.1 Å². The topological polar surface area (TPSA) is 63.5 Å². The number of benzene rings is 1. The van der Waals surface area contributed by atoms with E-state index < -0.39 is 0 Å². The third kappa shape index (κ3) is 4.04. The molecule has 1 rings (SSSR count). The predicted octanol–water partition coefficient (Wildman–Crippen LogP) is 2.49. The van der Waals surface area contributed by atoms with Gasteiger partial charge < -0.3 is 19.5 Å². The van der Waals surface area contributed by atoms with Crippen molar-refractivity contribution in [1.82, 2.24) is 5.32 Å². The average Bonchev–Trinajstić information content (AvgIpc) is 2.49. The molecule has 1 aromatic rings. The van der Waals surface area contributed by atoms with E-state index >= 15 is 0 Å². The SMILES string of the molecule is CCC(CC#N)NCc1cc(OC)c(OC)c(OC)c1. The third-order valence-electron chi connectivity index (χ3n) is 3.15. The Labute approximate surface area is 120 Å². The first-order chi connectivity index (χ1) is 9.69. The summed E-state index contributed by atoms with van der Waals surface area (Å²) in [6.07, 6.45) is 1.42. The van der Waals surface area contributed by atoms with Crippen LogP contribution < -0.4 is 19.5 Å². The van der Waals surface area contributed by atoms with E-state index in [4.69, 9.17) is 19.5 Å². The van der Waals surface area contributed by atoms with Crippen LogP contribution in [0.2, 0.25) is 0 Å². The molecule has 0 aromatic heterocycles. The molecule has 0 bridgehead atoms. The van der Waals surface area contributed by atoms with Gasteiger partial charge in [0.1, 0.15) is 0 Å². The highest BCUT2D eigenvalue weighted by Crippen LogP contribution is 2.38. The van der Waals surface area contributed by atoms with Crippen LogP contribution >= 0.6 is 0 Å². The number of nitriles is 1. The van der Waals surface area contributed by atoms with Crippen LogP contribution in [0.5, 0.6) is 17.2 Å². The molecule has 0 saturated heterocycles. The van der Waals surface area contributed by atoms with Gasteiger partial charge in [0.2, 0.25) is 5.75 Å². The number of hydrogen-bond acceptors (Lipinski definition) is 5. The van der Waals surface area contributed by atoms with Crippen molar-refractivity contribution in [3.05, 3.63) is 17.7 Å². The lowest BCUT2D eigenvalue weighted by molar-refractivity contribution is 0.323. The van der Waals surface area contributed by atoms with Gasteiger partial charge in [0.15, 0.2) is 11.5 Å². The molecule has 0 radical (unpaired) electrons. The number of nitrogens with zero attached hydrogens (tertiary/aromatic N) is 1. The Balaban J connectivity index is 2.88. The normalized spacial score (nSPS) is 11.6. The van der Waals surface area contributed by atoms with Crippen LogP contribution in [0.3, 0.4) is 0 Å². The lowest BCUT2D eigenvalue weighted by Gasteiger charge is -2.17. The zero-order valence-corrected chi connectivity index (χ0v) is 12.5. The Morgan fingerprint density at radius 1 is 1.15 bits per heavy atom. The standard InChI is InChI=1S/C15H22N2O3/c1-5-12(6-7-16)17-10-11-8-13(18-2)15(20-4)14(9-11)19-3/h8-9,12,17H,5-6,10H2,1-4H3. The van der Waals surface area contributed by atoms with Gasteiger partial charge in [-0.25, -0.2) is 0 Å². The molecule has 20 heavy (non-hydrogen) atoms. The van der Waals surface area contributed by atoms with Crippen LogP contribution in [-0.4, -0.2) is 27.4 Å². The minimum Gasteiger partial charge on any atom is -0.493 e. The maximum absolute atomic E-state index is 8.75. The van der Waals surface area contributed by atoms with E-state index in [9.17, 15) is 0 Å². The first-order valence-electron chi connectivity index (χ1n) is 6.59. The zero-order chi connectivity index (χ0) is 15.0. The largest absolute Gasteiger partial charge is 0.493 e. The van der Waals surface area contributed by atoms with Crippen molar-refractivity contribution < 1.29 is 14.2 Å². The van der Waals surface area contributed by atoms with Crippen molar-refractivity contribution in [2.75, 3.05) is 21.3 Å². The summed E-state index contributed by atoms with van der Waals surface area (Å²) in [5, 5.41) is 12.1. The molecule has 1 N–H and O–H groups in total. The summed E-state index contributed by atoms with van der Waals surface area (Å²) in [4.78, 5) is 0. The van der Waals surface area contributed by atoms with Gasteiger partial charge in [-0.3, -0.25) is 0 Å². The van der Waals surface area contributed by atoms with E-state index in [1.54, 1.807) is 21.3 Å². The van der Waals surface area contributed by atoms with E-state index in [1.807, 2.05) is 12.1 Å². The Kier molecular flexibility index (Phi) is 6.68. The van der Waals surface area contributed by atoms with Crippen molar-refractivity contribution in [2.45, 2.75) is 32.4 Å². The maximum atomic E-state index is 8.75. The molecule has 1 aromatic carbocycles. The summed E-state index contributed by atoms with van der Waals surface area (Å²) in [5.41, 5.74) is 1.02. The molecule has 0 saturated carbocycles. The Hall–Kier alpha value is -1.93. The zero-order valence-electron chi connectivity index (χ0n) is 12.5. The van der Waals surface area contributed by atoms with Crippen LogP contribution in [0.1, 0.15) is 25.3 Å². The van der Waals surface area contributed by atoms with Gasteiger partial charge in [-0.2, -0.15) is 5.26 Å². The second kappa shape index (κ2) is 8.28. The molecule has 0 aliphatic carbocycles. The molecule has 5 nitrogen and oxygen atoms in total. The van der Waals surface area contributed by atoms with Crippen molar-refractivity contribution in [2.24, 2.45) is 0 Å². The molecule has 110 valence electrons. The monoisotopic (exact) mass is 278 g/mol. The molecule has 0 fully saturated rings. The summed E-state index contributed by atoms with van der Waals surface area (Å²) in [6, 6.07) is 6.20. The van der Waals surface area contributed by atoms with E-state index in [-0.39, 0.29) is 6.04 Å². The van der Waals surface area contributed by atoms with Crippen molar-refractivity contribution in [3.8, 4) is 23.3 Å². The van der Waals surface area contributed by atoms with E-state index in [2.05, 4.69) is 18.3 Å². The fraction of sp³-hybridized carbons (Fsp3) is 0.533. The van der Waals surface area contributed by atoms with Gasteiger partial charge >= 0.3 is 0 Å². The van der Waals surface area contributed by atoms with Gasteiger partial charge in [-0.15, -0.1) is 0 Å². The molecular weight excluding hydrogens is 256 g/mol. The van der Waals surface area contributed by atoms with Crippen molar-refractivity contribution in [1.29, 1.82) is 5.26 Å². The average molecular weight is 278 g/mol. The number of rotatable bonds is 8. The molecule has 0 aliphatic rings.